The Morgan fingerprint density at radius 3 is 2.56 bits per heavy atom. The number of rotatable bonds is 8. The van der Waals surface area contributed by atoms with Gasteiger partial charge in [0.1, 0.15) is 17.7 Å². The molecule has 1 aliphatic rings. The van der Waals surface area contributed by atoms with E-state index in [1.54, 1.807) is 12.1 Å². The van der Waals surface area contributed by atoms with Crippen molar-refractivity contribution in [2.45, 2.75) is 44.6 Å². The number of unbranched alkanes of at least 4 members (excludes halogenated alkanes) is 1. The van der Waals surface area contributed by atoms with Gasteiger partial charge in [0.05, 0.1) is 6.54 Å². The summed E-state index contributed by atoms with van der Waals surface area (Å²) in [4.78, 5) is 12.9. The van der Waals surface area contributed by atoms with Crippen LogP contribution in [0.25, 0.3) is 0 Å². The first-order valence-electron chi connectivity index (χ1n) is 9.58. The molecule has 3 rings (SSSR count). The van der Waals surface area contributed by atoms with Crippen molar-refractivity contribution in [1.29, 1.82) is 0 Å². The van der Waals surface area contributed by atoms with Gasteiger partial charge >= 0.3 is 5.97 Å². The van der Waals surface area contributed by atoms with Gasteiger partial charge in [-0.2, -0.15) is 0 Å². The van der Waals surface area contributed by atoms with Gasteiger partial charge in [0, 0.05) is 18.7 Å². The molecule has 1 atom stereocenters. The molecule has 4 nitrogen and oxygen atoms in total. The van der Waals surface area contributed by atoms with Gasteiger partial charge in [0.15, 0.2) is 0 Å². The van der Waals surface area contributed by atoms with Crippen LogP contribution in [0.3, 0.4) is 0 Å². The highest BCUT2D eigenvalue weighted by molar-refractivity contribution is 5.66. The number of aliphatic carboxylic acids is 1. The number of piperidine rings is 1. The lowest BCUT2D eigenvalue weighted by Crippen LogP contribution is -2.41. The van der Waals surface area contributed by atoms with Crippen LogP contribution >= 0.6 is 0 Å². The third-order valence-corrected chi connectivity index (χ3v) is 4.90. The van der Waals surface area contributed by atoms with Gasteiger partial charge in [0.2, 0.25) is 0 Å². The lowest BCUT2D eigenvalue weighted by molar-refractivity contribution is -0.137. The fraction of sp³-hybridized carbons (Fsp3) is 0.409. The first kappa shape index (κ1) is 19.2. The highest BCUT2D eigenvalue weighted by Crippen LogP contribution is 2.24. The number of aryl methyl sites for hydroxylation is 1. The molecule has 1 fully saturated rings. The van der Waals surface area contributed by atoms with Gasteiger partial charge in [0.25, 0.3) is 0 Å². The predicted molar refractivity (Wildman–Crippen MR) is 104 cm³/mol. The summed E-state index contributed by atoms with van der Waals surface area (Å²) in [7, 11) is 0. The number of anilines is 1. The van der Waals surface area contributed by atoms with Crippen molar-refractivity contribution in [2.24, 2.45) is 0 Å². The Morgan fingerprint density at radius 2 is 1.85 bits per heavy atom. The third-order valence-electron chi connectivity index (χ3n) is 4.90. The second kappa shape index (κ2) is 9.40. The van der Waals surface area contributed by atoms with Crippen molar-refractivity contribution in [3.8, 4) is 5.75 Å². The van der Waals surface area contributed by atoms with Crippen LogP contribution in [-0.2, 0) is 11.2 Å². The summed E-state index contributed by atoms with van der Waals surface area (Å²) < 4.78 is 19.0. The Bertz CT molecular complexity index is 730. The van der Waals surface area contributed by atoms with Crippen LogP contribution in [0.2, 0.25) is 0 Å². The Morgan fingerprint density at radius 1 is 1.11 bits per heavy atom. The molecule has 1 aliphatic heterocycles. The van der Waals surface area contributed by atoms with E-state index >= 15 is 0 Å². The van der Waals surface area contributed by atoms with Gasteiger partial charge in [-0.3, -0.25) is 4.79 Å². The van der Waals surface area contributed by atoms with E-state index in [2.05, 4.69) is 29.2 Å². The molecule has 5 heteroatoms. The first-order chi connectivity index (χ1) is 13.1. The third kappa shape index (κ3) is 5.98. The van der Waals surface area contributed by atoms with Crippen molar-refractivity contribution in [3.63, 3.8) is 0 Å². The average Bonchev–Trinajstić information content (AvgIpc) is 2.68. The summed E-state index contributed by atoms with van der Waals surface area (Å²) in [6, 6.07) is 14.7. The molecule has 0 spiro atoms. The molecule has 1 saturated heterocycles. The van der Waals surface area contributed by atoms with Gasteiger partial charge in [-0.15, -0.1) is 0 Å². The van der Waals surface area contributed by atoms with E-state index in [1.165, 1.54) is 23.4 Å². The number of halogens is 1. The largest absolute Gasteiger partial charge is 0.489 e. The summed E-state index contributed by atoms with van der Waals surface area (Å²) in [6.07, 6.45) is 4.90. The van der Waals surface area contributed by atoms with Crippen LogP contribution in [-0.4, -0.2) is 30.3 Å². The molecule has 0 saturated carbocycles. The summed E-state index contributed by atoms with van der Waals surface area (Å²) in [5.74, 6) is -0.275. The van der Waals surface area contributed by atoms with Gasteiger partial charge in [-0.05, 0) is 74.1 Å². The summed E-state index contributed by atoms with van der Waals surface area (Å²) in [5, 5.41) is 8.69. The molecule has 144 valence electrons. The van der Waals surface area contributed by atoms with Crippen LogP contribution in [0.4, 0.5) is 10.1 Å². The number of carboxylic acids is 1. The molecule has 2 aromatic carbocycles. The van der Waals surface area contributed by atoms with Gasteiger partial charge < -0.3 is 14.7 Å². The quantitative estimate of drug-likeness (QED) is 0.685. The average molecular weight is 371 g/mol. The normalized spacial score (nSPS) is 16.9. The van der Waals surface area contributed by atoms with Gasteiger partial charge in [-0.25, -0.2) is 4.39 Å². The molecular formula is C22H26FNO3. The minimum absolute atomic E-state index is 0.0971. The van der Waals surface area contributed by atoms with E-state index in [0.717, 1.165) is 38.8 Å². The van der Waals surface area contributed by atoms with E-state index in [0.29, 0.717) is 12.2 Å². The first-order valence-corrected chi connectivity index (χ1v) is 9.58. The standard InChI is InChI=1S/C22H26FNO3/c23-18-9-13-20(14-10-18)27-21-5-3-15-24(16-21)19-11-7-17(8-12-19)4-1-2-6-22(25)26/h7-14,21H,1-6,15-16H2,(H,25,26). The van der Waals surface area contributed by atoms with Crippen molar-refractivity contribution in [3.05, 3.63) is 59.9 Å². The zero-order chi connectivity index (χ0) is 19.1. The number of benzene rings is 2. The van der Waals surface area contributed by atoms with E-state index in [1.807, 2.05) is 0 Å². The van der Waals surface area contributed by atoms with Gasteiger partial charge in [-0.1, -0.05) is 12.1 Å². The predicted octanol–water partition coefficient (Wildman–Crippen LogP) is 4.67. The fourth-order valence-corrected chi connectivity index (χ4v) is 3.45. The minimum atomic E-state index is -0.729. The SMILES string of the molecule is O=C(O)CCCCc1ccc(N2CCCC(Oc3ccc(F)cc3)C2)cc1. The molecule has 0 radical (unpaired) electrons. The van der Waals surface area contributed by atoms with Crippen molar-refractivity contribution in [2.75, 3.05) is 18.0 Å². The maximum absolute atomic E-state index is 13.0. The van der Waals surface area contributed by atoms with Crippen LogP contribution in [0.5, 0.6) is 5.75 Å². The van der Waals surface area contributed by atoms with Crippen LogP contribution in [0.1, 0.15) is 37.7 Å². The molecular weight excluding hydrogens is 345 g/mol. The molecule has 0 amide bonds. The molecule has 0 aromatic heterocycles. The lowest BCUT2D eigenvalue weighted by Gasteiger charge is -2.34. The zero-order valence-electron chi connectivity index (χ0n) is 15.4. The molecule has 1 N–H and O–H groups in total. The minimum Gasteiger partial charge on any atom is -0.489 e. The van der Waals surface area contributed by atoms with Crippen LogP contribution in [0.15, 0.2) is 48.5 Å². The maximum Gasteiger partial charge on any atom is 0.303 e. The molecule has 0 aliphatic carbocycles. The van der Waals surface area contributed by atoms with Crippen molar-refractivity contribution < 1.29 is 19.0 Å². The summed E-state index contributed by atoms with van der Waals surface area (Å²) in [6.45, 7) is 1.82. The van der Waals surface area contributed by atoms with E-state index < -0.39 is 5.97 Å². The van der Waals surface area contributed by atoms with Crippen LogP contribution in [0, 0.1) is 5.82 Å². The summed E-state index contributed by atoms with van der Waals surface area (Å²) >= 11 is 0. The molecule has 27 heavy (non-hydrogen) atoms. The molecule has 2 aromatic rings. The van der Waals surface area contributed by atoms with Crippen molar-refractivity contribution >= 4 is 11.7 Å². The topological polar surface area (TPSA) is 49.8 Å². The van der Waals surface area contributed by atoms with Crippen molar-refractivity contribution in [1.82, 2.24) is 0 Å². The second-order valence-corrected chi connectivity index (χ2v) is 7.05. The van der Waals surface area contributed by atoms with E-state index in [4.69, 9.17) is 9.84 Å². The number of ether oxygens (including phenoxy) is 1. The Balaban J connectivity index is 1.51. The smallest absolute Gasteiger partial charge is 0.303 e. The number of hydrogen-bond acceptors (Lipinski definition) is 3. The highest BCUT2D eigenvalue weighted by atomic mass is 19.1. The monoisotopic (exact) mass is 371 g/mol. The molecule has 1 unspecified atom stereocenters. The Labute approximate surface area is 159 Å². The maximum atomic E-state index is 13.0. The Hall–Kier alpha value is -2.56. The van der Waals surface area contributed by atoms with E-state index in [9.17, 15) is 9.18 Å². The number of carbonyl (C=O) groups is 1. The Kier molecular flexibility index (Phi) is 6.69. The number of hydrogen-bond donors (Lipinski definition) is 1. The lowest BCUT2D eigenvalue weighted by atomic mass is 10.0. The molecule has 1 heterocycles. The fourth-order valence-electron chi connectivity index (χ4n) is 3.45. The second-order valence-electron chi connectivity index (χ2n) is 7.05. The summed E-state index contributed by atoms with van der Waals surface area (Å²) in [5.41, 5.74) is 2.41. The van der Waals surface area contributed by atoms with E-state index in [-0.39, 0.29) is 18.3 Å². The number of carboxylic acid groups (broad SMARTS) is 1. The number of nitrogens with zero attached hydrogens (tertiary/aromatic N) is 1. The van der Waals surface area contributed by atoms with Crippen LogP contribution < -0.4 is 9.64 Å². The highest BCUT2D eigenvalue weighted by Gasteiger charge is 2.21. The molecule has 0 bridgehead atoms. The zero-order valence-corrected chi connectivity index (χ0v) is 15.4.